The van der Waals surface area contributed by atoms with Crippen LogP contribution in [0.2, 0.25) is 0 Å². The van der Waals surface area contributed by atoms with Gasteiger partial charge in [0.05, 0.1) is 19.1 Å². The Morgan fingerprint density at radius 1 is 1.29 bits per heavy atom. The van der Waals surface area contributed by atoms with Crippen LogP contribution in [-0.4, -0.2) is 48.2 Å². The molecule has 2 rings (SSSR count). The van der Waals surface area contributed by atoms with Gasteiger partial charge in [0.15, 0.2) is 11.5 Å². The Hall–Kier alpha value is -2.24. The van der Waals surface area contributed by atoms with Crippen LogP contribution in [-0.2, 0) is 16.0 Å². The second kappa shape index (κ2) is 8.57. The van der Waals surface area contributed by atoms with Crippen molar-refractivity contribution in [3.05, 3.63) is 23.8 Å². The summed E-state index contributed by atoms with van der Waals surface area (Å²) in [7, 11) is 0. The number of hydrogen-bond acceptors (Lipinski definition) is 4. The van der Waals surface area contributed by atoms with Gasteiger partial charge in [-0.3, -0.25) is 9.59 Å². The van der Waals surface area contributed by atoms with E-state index in [2.05, 4.69) is 0 Å². The van der Waals surface area contributed by atoms with Gasteiger partial charge in [-0.15, -0.1) is 0 Å². The van der Waals surface area contributed by atoms with Gasteiger partial charge < -0.3 is 19.5 Å². The van der Waals surface area contributed by atoms with Gasteiger partial charge in [0.25, 0.3) is 0 Å². The van der Waals surface area contributed by atoms with E-state index < -0.39 is 11.9 Å². The summed E-state index contributed by atoms with van der Waals surface area (Å²) in [6.07, 6.45) is 1.69. The molecule has 1 aromatic carbocycles. The molecule has 0 radical (unpaired) electrons. The lowest BCUT2D eigenvalue weighted by Crippen LogP contribution is -2.28. The van der Waals surface area contributed by atoms with Gasteiger partial charge in [0, 0.05) is 19.5 Å². The molecule has 1 fully saturated rings. The summed E-state index contributed by atoms with van der Waals surface area (Å²) in [6, 6.07) is 5.79. The number of carbonyl (C=O) groups is 2. The van der Waals surface area contributed by atoms with Crippen molar-refractivity contribution in [1.82, 2.24) is 4.90 Å². The fraction of sp³-hybridized carbons (Fsp3) is 0.556. The predicted molar refractivity (Wildman–Crippen MR) is 89.4 cm³/mol. The number of rotatable bonds is 9. The van der Waals surface area contributed by atoms with Crippen LogP contribution in [0.4, 0.5) is 0 Å². The van der Waals surface area contributed by atoms with Crippen LogP contribution >= 0.6 is 0 Å². The summed E-state index contributed by atoms with van der Waals surface area (Å²) < 4.78 is 11.3. The lowest BCUT2D eigenvalue weighted by molar-refractivity contribution is -0.141. The third-order valence-corrected chi connectivity index (χ3v) is 4.00. The second-order valence-electron chi connectivity index (χ2n) is 5.89. The molecule has 0 bridgehead atoms. The van der Waals surface area contributed by atoms with Crippen LogP contribution in [0, 0.1) is 5.92 Å². The first-order valence-electron chi connectivity index (χ1n) is 8.44. The van der Waals surface area contributed by atoms with E-state index in [0.29, 0.717) is 38.5 Å². The summed E-state index contributed by atoms with van der Waals surface area (Å²) in [5.74, 6) is -0.135. The van der Waals surface area contributed by atoms with Crippen LogP contribution < -0.4 is 9.47 Å². The molecule has 0 spiro atoms. The summed E-state index contributed by atoms with van der Waals surface area (Å²) in [6.45, 7) is 5.97. The predicted octanol–water partition coefficient (Wildman–Crippen LogP) is 2.35. The Morgan fingerprint density at radius 3 is 2.71 bits per heavy atom. The lowest BCUT2D eigenvalue weighted by Gasteiger charge is -2.17. The number of benzene rings is 1. The first-order valence-corrected chi connectivity index (χ1v) is 8.44. The second-order valence-corrected chi connectivity index (χ2v) is 5.89. The van der Waals surface area contributed by atoms with Crippen molar-refractivity contribution in [1.29, 1.82) is 0 Å². The summed E-state index contributed by atoms with van der Waals surface area (Å²) in [5.41, 5.74) is 1.04. The third kappa shape index (κ3) is 4.63. The number of carbonyl (C=O) groups excluding carboxylic acids is 1. The summed E-state index contributed by atoms with van der Waals surface area (Å²) >= 11 is 0. The summed E-state index contributed by atoms with van der Waals surface area (Å²) in [4.78, 5) is 24.5. The Labute approximate surface area is 142 Å². The van der Waals surface area contributed by atoms with E-state index in [1.54, 1.807) is 4.90 Å². The van der Waals surface area contributed by atoms with E-state index in [1.807, 2.05) is 32.0 Å². The maximum atomic E-state index is 11.9. The molecular formula is C18H25NO5. The van der Waals surface area contributed by atoms with Gasteiger partial charge in [-0.1, -0.05) is 13.0 Å². The van der Waals surface area contributed by atoms with Crippen molar-refractivity contribution in [2.75, 3.05) is 26.3 Å². The minimum Gasteiger partial charge on any atom is -0.490 e. The van der Waals surface area contributed by atoms with Crippen molar-refractivity contribution >= 4 is 11.9 Å². The van der Waals surface area contributed by atoms with Gasteiger partial charge in [0.2, 0.25) is 5.91 Å². The van der Waals surface area contributed by atoms with E-state index >= 15 is 0 Å². The van der Waals surface area contributed by atoms with Gasteiger partial charge in [-0.05, 0) is 37.5 Å². The highest BCUT2D eigenvalue weighted by Crippen LogP contribution is 2.29. The zero-order chi connectivity index (χ0) is 17.5. The number of carboxylic acids is 1. The van der Waals surface area contributed by atoms with Crippen molar-refractivity contribution in [3.63, 3.8) is 0 Å². The Balaban J connectivity index is 1.98. The Kier molecular flexibility index (Phi) is 6.46. The fourth-order valence-electron chi connectivity index (χ4n) is 2.73. The molecule has 0 aromatic heterocycles. The molecule has 132 valence electrons. The summed E-state index contributed by atoms with van der Waals surface area (Å²) in [5, 5.41) is 9.02. The van der Waals surface area contributed by atoms with E-state index in [4.69, 9.17) is 14.6 Å². The van der Waals surface area contributed by atoms with E-state index in [0.717, 1.165) is 17.7 Å². The molecule has 1 aliphatic heterocycles. The number of hydrogen-bond donors (Lipinski definition) is 1. The maximum Gasteiger partial charge on any atom is 0.308 e. The van der Waals surface area contributed by atoms with E-state index in [1.165, 1.54) is 0 Å². The van der Waals surface area contributed by atoms with E-state index in [-0.39, 0.29) is 12.3 Å². The van der Waals surface area contributed by atoms with Gasteiger partial charge in [-0.25, -0.2) is 0 Å². The fourth-order valence-corrected chi connectivity index (χ4v) is 2.73. The largest absolute Gasteiger partial charge is 0.490 e. The van der Waals surface area contributed by atoms with Gasteiger partial charge in [-0.2, -0.15) is 0 Å². The van der Waals surface area contributed by atoms with Crippen molar-refractivity contribution in [3.8, 4) is 11.5 Å². The first-order chi connectivity index (χ1) is 11.5. The number of likely N-dealkylation sites (tertiary alicyclic amines) is 1. The molecule has 1 unspecified atom stereocenters. The molecule has 0 aliphatic carbocycles. The average molecular weight is 335 g/mol. The number of amides is 1. The molecule has 1 amide bonds. The minimum atomic E-state index is -0.901. The highest BCUT2D eigenvalue weighted by Gasteiger charge is 2.33. The third-order valence-electron chi connectivity index (χ3n) is 4.00. The normalized spacial score (nSPS) is 17.2. The van der Waals surface area contributed by atoms with Gasteiger partial charge in [0.1, 0.15) is 0 Å². The van der Waals surface area contributed by atoms with Crippen molar-refractivity contribution in [2.45, 2.75) is 33.1 Å². The number of ether oxygens (including phenoxy) is 2. The lowest BCUT2D eigenvalue weighted by atomic mass is 10.1. The van der Waals surface area contributed by atoms with Crippen molar-refractivity contribution in [2.24, 2.45) is 5.92 Å². The molecule has 0 saturated carbocycles. The molecule has 1 aliphatic rings. The molecule has 1 aromatic rings. The number of nitrogens with zero attached hydrogens (tertiary/aromatic N) is 1. The first kappa shape index (κ1) is 18.1. The zero-order valence-corrected chi connectivity index (χ0v) is 14.3. The number of aliphatic carboxylic acids is 1. The van der Waals surface area contributed by atoms with Crippen LogP contribution in [0.15, 0.2) is 18.2 Å². The molecule has 1 heterocycles. The molecular weight excluding hydrogens is 310 g/mol. The van der Waals surface area contributed by atoms with Crippen molar-refractivity contribution < 1.29 is 24.2 Å². The topological polar surface area (TPSA) is 76.1 Å². The average Bonchev–Trinajstić information content (AvgIpc) is 2.93. The van der Waals surface area contributed by atoms with Gasteiger partial charge >= 0.3 is 5.97 Å². The molecule has 1 atom stereocenters. The SMILES string of the molecule is CCCOc1ccc(CCN2CC(C(=O)O)CC2=O)cc1OCC. The smallest absolute Gasteiger partial charge is 0.308 e. The highest BCUT2D eigenvalue weighted by molar-refractivity contribution is 5.86. The van der Waals surface area contributed by atoms with Crippen LogP contribution in [0.5, 0.6) is 11.5 Å². The van der Waals surface area contributed by atoms with Crippen LogP contribution in [0.1, 0.15) is 32.3 Å². The molecule has 24 heavy (non-hydrogen) atoms. The molecule has 1 N–H and O–H groups in total. The maximum absolute atomic E-state index is 11.9. The quantitative estimate of drug-likeness (QED) is 0.750. The molecule has 1 saturated heterocycles. The monoisotopic (exact) mass is 335 g/mol. The standard InChI is InChI=1S/C18H25NO5/c1-3-9-24-15-6-5-13(10-16(15)23-4-2)7-8-19-12-14(18(21)22)11-17(19)20/h5-6,10,14H,3-4,7-9,11-12H2,1-2H3,(H,21,22). The van der Waals surface area contributed by atoms with Crippen LogP contribution in [0.25, 0.3) is 0 Å². The van der Waals surface area contributed by atoms with E-state index in [9.17, 15) is 9.59 Å². The Bertz CT molecular complexity index is 587. The number of carboxylic acid groups (broad SMARTS) is 1. The highest BCUT2D eigenvalue weighted by atomic mass is 16.5. The molecule has 6 heteroatoms. The van der Waals surface area contributed by atoms with Crippen LogP contribution in [0.3, 0.4) is 0 Å². The zero-order valence-electron chi connectivity index (χ0n) is 14.3. The molecule has 6 nitrogen and oxygen atoms in total. The Morgan fingerprint density at radius 2 is 2.08 bits per heavy atom. The minimum absolute atomic E-state index is 0.0877.